The molecule has 5 rings (SSSR count). The molecule has 2 aliphatic rings. The minimum atomic E-state index is -1.19. The molecule has 3 N–H and O–H groups in total. The van der Waals surface area contributed by atoms with Crippen molar-refractivity contribution in [3.63, 3.8) is 0 Å². The molecule has 2 heterocycles. The Kier molecular flexibility index (Phi) is 5.73. The number of nitrogens with one attached hydrogen (secondary N) is 1. The fraction of sp³-hybridized carbons (Fsp3) is 0.280. The van der Waals surface area contributed by atoms with Crippen LogP contribution < -0.4 is 5.32 Å². The minimum absolute atomic E-state index is 0.0400. The van der Waals surface area contributed by atoms with E-state index in [4.69, 9.17) is 4.74 Å². The number of anilines is 1. The van der Waals surface area contributed by atoms with Gasteiger partial charge in [0.05, 0.1) is 6.10 Å². The summed E-state index contributed by atoms with van der Waals surface area (Å²) in [6.07, 6.45) is -1.66. The third-order valence-corrected chi connectivity index (χ3v) is 6.50. The molecule has 35 heavy (non-hydrogen) atoms. The van der Waals surface area contributed by atoms with Crippen molar-refractivity contribution < 1.29 is 29.3 Å². The second kappa shape index (κ2) is 8.88. The lowest BCUT2D eigenvalue weighted by molar-refractivity contribution is -0.141. The number of aromatic nitrogens is 2. The van der Waals surface area contributed by atoms with Crippen LogP contribution in [0.5, 0.6) is 0 Å². The van der Waals surface area contributed by atoms with E-state index in [1.54, 1.807) is 7.05 Å². The van der Waals surface area contributed by atoms with E-state index >= 15 is 0 Å². The number of nitrogens with zero attached hydrogens (tertiary/aromatic N) is 3. The third-order valence-electron chi connectivity index (χ3n) is 6.50. The van der Waals surface area contributed by atoms with Gasteiger partial charge in [-0.3, -0.25) is 14.8 Å². The summed E-state index contributed by atoms with van der Waals surface area (Å²) >= 11 is 0. The maximum Gasteiger partial charge on any atom is 0.412 e. The molecule has 0 saturated carbocycles. The number of hydrogen-bond acceptors (Lipinski definition) is 6. The van der Waals surface area contributed by atoms with Gasteiger partial charge in [0.2, 0.25) is 0 Å². The van der Waals surface area contributed by atoms with E-state index in [2.05, 4.69) is 22.5 Å². The SMILES string of the molecule is Cn1nc(C(=O)N2C[C@H](O)C[C@H]2C(=O)O)cc1NC(=O)OCC1c2ccccc2-c2ccccc21. The molecule has 2 atom stereocenters. The normalized spacial score (nSPS) is 18.7. The van der Waals surface area contributed by atoms with E-state index in [0.717, 1.165) is 27.2 Å². The fourth-order valence-electron chi connectivity index (χ4n) is 4.85. The maximum absolute atomic E-state index is 12.8. The molecule has 3 aromatic rings. The van der Waals surface area contributed by atoms with E-state index in [-0.39, 0.29) is 37.0 Å². The highest BCUT2D eigenvalue weighted by Gasteiger charge is 2.40. The standard InChI is InChI=1S/C25H24N4O6/c1-28-22(11-20(27-28)23(31)29-12-14(30)10-21(29)24(32)33)26-25(34)35-13-19-17-8-4-2-6-15(17)16-7-3-5-9-18(16)19/h2-9,11,14,19,21,30H,10,12-13H2,1H3,(H,26,34)(H,32,33)/t14-,21+/m1/s1. The Hall–Kier alpha value is -4.18. The number of aryl methyl sites for hydroxylation is 1. The molecule has 180 valence electrons. The van der Waals surface area contributed by atoms with Crippen molar-refractivity contribution in [1.82, 2.24) is 14.7 Å². The molecular formula is C25H24N4O6. The highest BCUT2D eigenvalue weighted by molar-refractivity contribution is 5.97. The smallest absolute Gasteiger partial charge is 0.412 e. The number of ether oxygens (including phenoxy) is 1. The Morgan fingerprint density at radius 2 is 1.71 bits per heavy atom. The van der Waals surface area contributed by atoms with Crippen LogP contribution in [0.25, 0.3) is 11.1 Å². The van der Waals surface area contributed by atoms with Crippen LogP contribution in [0, 0.1) is 0 Å². The molecule has 1 aromatic heterocycles. The monoisotopic (exact) mass is 476 g/mol. The Labute approximate surface area is 200 Å². The van der Waals surface area contributed by atoms with E-state index < -0.39 is 30.1 Å². The number of hydrogen-bond donors (Lipinski definition) is 3. The van der Waals surface area contributed by atoms with Crippen LogP contribution >= 0.6 is 0 Å². The zero-order valence-corrected chi connectivity index (χ0v) is 18.9. The van der Waals surface area contributed by atoms with Crippen LogP contribution in [0.4, 0.5) is 10.6 Å². The van der Waals surface area contributed by atoms with Crippen molar-refractivity contribution >= 4 is 23.8 Å². The average molecular weight is 476 g/mol. The number of carboxylic acids is 1. The van der Waals surface area contributed by atoms with Gasteiger partial charge in [0.1, 0.15) is 18.5 Å². The Morgan fingerprint density at radius 1 is 1.09 bits per heavy atom. The van der Waals surface area contributed by atoms with Gasteiger partial charge in [0.25, 0.3) is 5.91 Å². The van der Waals surface area contributed by atoms with E-state index in [1.807, 2.05) is 36.4 Å². The van der Waals surface area contributed by atoms with E-state index in [9.17, 15) is 24.6 Å². The highest BCUT2D eigenvalue weighted by Crippen LogP contribution is 2.44. The molecule has 0 radical (unpaired) electrons. The summed E-state index contributed by atoms with van der Waals surface area (Å²) < 4.78 is 6.84. The molecule has 2 amide bonds. The molecule has 0 unspecified atom stereocenters. The van der Waals surface area contributed by atoms with Crippen molar-refractivity contribution in [2.24, 2.45) is 7.05 Å². The quantitative estimate of drug-likeness (QED) is 0.515. The first-order valence-corrected chi connectivity index (χ1v) is 11.2. The number of β-amino-alcohol motifs (C(OH)–C–C–N with tert-alkyl or cyclic N) is 1. The number of carboxylic acid groups (broad SMARTS) is 1. The Morgan fingerprint density at radius 3 is 2.34 bits per heavy atom. The molecule has 0 bridgehead atoms. The third kappa shape index (κ3) is 4.12. The largest absolute Gasteiger partial charge is 0.480 e. The Bertz CT molecular complexity index is 1270. The molecule has 1 aliphatic carbocycles. The van der Waals surface area contributed by atoms with Gasteiger partial charge in [-0.1, -0.05) is 48.5 Å². The number of aliphatic carboxylic acids is 1. The predicted octanol–water partition coefficient (Wildman–Crippen LogP) is 2.44. The van der Waals surface area contributed by atoms with Gasteiger partial charge in [-0.25, -0.2) is 9.59 Å². The van der Waals surface area contributed by atoms with Gasteiger partial charge in [-0.2, -0.15) is 5.10 Å². The van der Waals surface area contributed by atoms with Gasteiger partial charge in [-0.05, 0) is 22.3 Å². The zero-order chi connectivity index (χ0) is 24.7. The number of carbonyl (C=O) groups is 3. The van der Waals surface area contributed by atoms with Gasteiger partial charge >= 0.3 is 12.1 Å². The van der Waals surface area contributed by atoms with Crippen LogP contribution in [0.1, 0.15) is 34.0 Å². The lowest BCUT2D eigenvalue weighted by atomic mass is 9.98. The molecule has 10 heteroatoms. The summed E-state index contributed by atoms with van der Waals surface area (Å²) in [5, 5.41) is 25.9. The van der Waals surface area contributed by atoms with Crippen molar-refractivity contribution in [3.8, 4) is 11.1 Å². The summed E-state index contributed by atoms with van der Waals surface area (Å²) in [4.78, 5) is 37.9. The van der Waals surface area contributed by atoms with Gasteiger partial charge in [0.15, 0.2) is 5.69 Å². The van der Waals surface area contributed by atoms with Crippen LogP contribution in [-0.2, 0) is 16.6 Å². The van der Waals surface area contributed by atoms with Crippen molar-refractivity contribution in [2.75, 3.05) is 18.5 Å². The maximum atomic E-state index is 12.8. The number of aliphatic hydroxyl groups excluding tert-OH is 1. The van der Waals surface area contributed by atoms with Crippen molar-refractivity contribution in [2.45, 2.75) is 24.5 Å². The molecule has 1 saturated heterocycles. The van der Waals surface area contributed by atoms with Gasteiger partial charge < -0.3 is 19.8 Å². The molecule has 10 nitrogen and oxygen atoms in total. The highest BCUT2D eigenvalue weighted by atomic mass is 16.5. The lowest BCUT2D eigenvalue weighted by Crippen LogP contribution is -2.40. The number of carbonyl (C=O) groups excluding carboxylic acids is 2. The van der Waals surface area contributed by atoms with Crippen molar-refractivity contribution in [1.29, 1.82) is 0 Å². The fourth-order valence-corrected chi connectivity index (χ4v) is 4.85. The summed E-state index contributed by atoms with van der Waals surface area (Å²) in [5.41, 5.74) is 4.39. The number of likely N-dealkylation sites (tertiary alicyclic amines) is 1. The second-order valence-corrected chi connectivity index (χ2v) is 8.69. The number of fused-ring (bicyclic) bond motifs is 3. The topological polar surface area (TPSA) is 134 Å². The lowest BCUT2D eigenvalue weighted by Gasteiger charge is -2.19. The number of amides is 2. The summed E-state index contributed by atoms with van der Waals surface area (Å²) in [5.74, 6) is -1.70. The molecule has 2 aromatic carbocycles. The van der Waals surface area contributed by atoms with Gasteiger partial charge in [0, 0.05) is 32.0 Å². The first-order valence-electron chi connectivity index (χ1n) is 11.2. The van der Waals surface area contributed by atoms with Crippen LogP contribution in [0.3, 0.4) is 0 Å². The van der Waals surface area contributed by atoms with Crippen LogP contribution in [0.15, 0.2) is 54.6 Å². The first kappa shape index (κ1) is 22.6. The average Bonchev–Trinajstić information content (AvgIpc) is 3.51. The minimum Gasteiger partial charge on any atom is -0.480 e. The molecule has 0 spiro atoms. The summed E-state index contributed by atoms with van der Waals surface area (Å²) in [7, 11) is 1.55. The van der Waals surface area contributed by atoms with Gasteiger partial charge in [-0.15, -0.1) is 0 Å². The molecule has 1 fully saturated rings. The first-order chi connectivity index (χ1) is 16.8. The number of aliphatic hydroxyl groups is 1. The predicted molar refractivity (Wildman–Crippen MR) is 125 cm³/mol. The molecule has 1 aliphatic heterocycles. The van der Waals surface area contributed by atoms with Crippen LogP contribution in [-0.4, -0.2) is 68.2 Å². The zero-order valence-electron chi connectivity index (χ0n) is 18.9. The number of benzene rings is 2. The summed E-state index contributed by atoms with van der Waals surface area (Å²) in [6.45, 7) is 0.0387. The van der Waals surface area contributed by atoms with E-state index in [1.165, 1.54) is 10.7 Å². The number of rotatable bonds is 5. The molecular weight excluding hydrogens is 452 g/mol. The second-order valence-electron chi connectivity index (χ2n) is 8.69. The Balaban J connectivity index is 1.26. The van der Waals surface area contributed by atoms with Crippen LogP contribution in [0.2, 0.25) is 0 Å². The summed E-state index contributed by atoms with van der Waals surface area (Å²) in [6, 6.07) is 16.3. The van der Waals surface area contributed by atoms with Crippen molar-refractivity contribution in [3.05, 3.63) is 71.4 Å². The van der Waals surface area contributed by atoms with E-state index in [0.29, 0.717) is 0 Å².